The molecule has 1 heteroatoms. The Labute approximate surface area is 50.1 Å². The number of aliphatic imine (C=N–C) groups is 1. The molecule has 0 aromatic rings. The van der Waals surface area contributed by atoms with Crippen LogP contribution in [-0.2, 0) is 0 Å². The normalized spacial score (nSPS) is 19.8. The second-order valence-electron chi connectivity index (χ2n) is 2.14. The van der Waals surface area contributed by atoms with Gasteiger partial charge in [-0.15, -0.1) is 0 Å². The molecule has 0 aromatic carbocycles. The summed E-state index contributed by atoms with van der Waals surface area (Å²) in [7, 11) is 0. The highest BCUT2D eigenvalue weighted by Crippen LogP contribution is 2.04. The molecule has 1 nitrogen and oxygen atoms in total. The fourth-order valence-electron chi connectivity index (χ4n) is 0.786. The Hall–Kier alpha value is -0.590. The van der Waals surface area contributed by atoms with Crippen LogP contribution in [0.25, 0.3) is 0 Å². The maximum absolute atomic E-state index is 4.26. The summed E-state index contributed by atoms with van der Waals surface area (Å²) >= 11 is 0. The molecule has 0 spiro atoms. The van der Waals surface area contributed by atoms with Crippen LogP contribution < -0.4 is 0 Å². The van der Waals surface area contributed by atoms with Crippen molar-refractivity contribution >= 4 is 5.71 Å². The van der Waals surface area contributed by atoms with Crippen LogP contribution in [0.5, 0.6) is 0 Å². The molecular weight excluding hydrogens is 98.1 g/mol. The topological polar surface area (TPSA) is 12.4 Å². The van der Waals surface area contributed by atoms with E-state index in [1.165, 1.54) is 11.3 Å². The molecule has 8 heavy (non-hydrogen) atoms. The summed E-state index contributed by atoms with van der Waals surface area (Å²) in [6.07, 6.45) is 3.37. The molecule has 1 rings (SSSR count). The van der Waals surface area contributed by atoms with Gasteiger partial charge in [0, 0.05) is 12.3 Å². The lowest BCUT2D eigenvalue weighted by Gasteiger charge is -2.04. The van der Waals surface area contributed by atoms with E-state index >= 15 is 0 Å². The van der Waals surface area contributed by atoms with Crippen LogP contribution in [-0.4, -0.2) is 12.3 Å². The van der Waals surface area contributed by atoms with E-state index in [-0.39, 0.29) is 0 Å². The minimum atomic E-state index is 0.989. The van der Waals surface area contributed by atoms with Crippen LogP contribution in [0.4, 0.5) is 0 Å². The van der Waals surface area contributed by atoms with Gasteiger partial charge in [-0.3, -0.25) is 4.99 Å². The zero-order valence-corrected chi connectivity index (χ0v) is 5.44. The van der Waals surface area contributed by atoms with Crippen LogP contribution in [0.15, 0.2) is 16.6 Å². The Balaban J connectivity index is 2.73. The van der Waals surface area contributed by atoms with Gasteiger partial charge in [-0.25, -0.2) is 0 Å². The first-order chi connectivity index (χ1) is 3.80. The van der Waals surface area contributed by atoms with Gasteiger partial charge in [0.25, 0.3) is 0 Å². The maximum atomic E-state index is 4.26. The number of dihydropyridines is 1. The molecule has 0 amide bonds. The summed E-state index contributed by atoms with van der Waals surface area (Å²) in [4.78, 5) is 4.26. The van der Waals surface area contributed by atoms with Crippen LogP contribution in [0, 0.1) is 0 Å². The predicted molar refractivity (Wildman–Crippen MR) is 36.4 cm³/mol. The van der Waals surface area contributed by atoms with E-state index < -0.39 is 0 Å². The maximum Gasteiger partial charge on any atom is 0.0427 e. The predicted octanol–water partition coefficient (Wildman–Crippen LogP) is 1.80. The van der Waals surface area contributed by atoms with E-state index in [0.29, 0.717) is 0 Å². The van der Waals surface area contributed by atoms with Crippen LogP contribution in [0.2, 0.25) is 0 Å². The quantitative estimate of drug-likeness (QED) is 0.449. The summed E-state index contributed by atoms with van der Waals surface area (Å²) in [5.41, 5.74) is 2.55. The molecule has 1 aliphatic heterocycles. The fourth-order valence-corrected chi connectivity index (χ4v) is 0.786. The molecule has 1 aliphatic rings. The molecule has 1 heterocycles. The summed E-state index contributed by atoms with van der Waals surface area (Å²) in [6.45, 7) is 5.16. The van der Waals surface area contributed by atoms with E-state index in [1.807, 2.05) is 0 Å². The Kier molecular flexibility index (Phi) is 1.47. The number of rotatable bonds is 0. The molecule has 0 aromatic heterocycles. The standard InChI is InChI=1S/C7H11N/c1-6-4-3-5-8-7(6)2/h4H,3,5H2,1-2H3. The third-order valence-corrected chi connectivity index (χ3v) is 1.50. The first-order valence-electron chi connectivity index (χ1n) is 2.99. The number of hydrogen-bond acceptors (Lipinski definition) is 1. The van der Waals surface area contributed by atoms with Crippen molar-refractivity contribution in [3.8, 4) is 0 Å². The van der Waals surface area contributed by atoms with Crippen molar-refractivity contribution < 1.29 is 0 Å². The molecule has 0 atom stereocenters. The first kappa shape index (κ1) is 5.54. The number of hydrogen-bond donors (Lipinski definition) is 0. The van der Waals surface area contributed by atoms with Gasteiger partial charge in [0.15, 0.2) is 0 Å². The van der Waals surface area contributed by atoms with Crippen molar-refractivity contribution in [2.45, 2.75) is 20.3 Å². The molecule has 0 fully saturated rings. The lowest BCUT2D eigenvalue weighted by atomic mass is 10.1. The van der Waals surface area contributed by atoms with Crippen molar-refractivity contribution in [2.75, 3.05) is 6.54 Å². The third kappa shape index (κ3) is 0.971. The van der Waals surface area contributed by atoms with Gasteiger partial charge in [-0.2, -0.15) is 0 Å². The van der Waals surface area contributed by atoms with Crippen LogP contribution >= 0.6 is 0 Å². The second-order valence-corrected chi connectivity index (χ2v) is 2.14. The second kappa shape index (κ2) is 2.12. The van der Waals surface area contributed by atoms with Crippen molar-refractivity contribution in [3.63, 3.8) is 0 Å². The molecule has 0 bridgehead atoms. The Bertz CT molecular complexity index is 124. The molecular formula is C7H11N. The first-order valence-corrected chi connectivity index (χ1v) is 2.99. The Morgan fingerprint density at radius 3 is 2.62 bits per heavy atom. The lowest BCUT2D eigenvalue weighted by molar-refractivity contribution is 0.976. The van der Waals surface area contributed by atoms with E-state index in [9.17, 15) is 0 Å². The van der Waals surface area contributed by atoms with Gasteiger partial charge in [0.1, 0.15) is 0 Å². The smallest absolute Gasteiger partial charge is 0.0427 e. The zero-order valence-electron chi connectivity index (χ0n) is 5.44. The SMILES string of the molecule is CC1=CCCN=C1C. The van der Waals surface area contributed by atoms with Gasteiger partial charge in [-0.05, 0) is 25.8 Å². The molecule has 0 saturated heterocycles. The molecule has 0 unspecified atom stereocenters. The average molecular weight is 109 g/mol. The monoisotopic (exact) mass is 109 g/mol. The van der Waals surface area contributed by atoms with Crippen molar-refractivity contribution in [2.24, 2.45) is 4.99 Å². The molecule has 0 N–H and O–H groups in total. The van der Waals surface area contributed by atoms with E-state index in [2.05, 4.69) is 24.9 Å². The molecule has 0 saturated carbocycles. The largest absolute Gasteiger partial charge is 0.289 e. The lowest BCUT2D eigenvalue weighted by Crippen LogP contribution is -2.00. The van der Waals surface area contributed by atoms with Gasteiger partial charge >= 0.3 is 0 Å². The molecule has 0 aliphatic carbocycles. The average Bonchev–Trinajstić information content (AvgIpc) is 1.77. The summed E-state index contributed by atoms with van der Waals surface area (Å²) < 4.78 is 0. The van der Waals surface area contributed by atoms with Crippen LogP contribution in [0.3, 0.4) is 0 Å². The van der Waals surface area contributed by atoms with Gasteiger partial charge in [0.05, 0.1) is 0 Å². The highest BCUT2D eigenvalue weighted by Gasteiger charge is 1.97. The minimum absolute atomic E-state index is 0.989. The Morgan fingerprint density at radius 1 is 1.50 bits per heavy atom. The Morgan fingerprint density at radius 2 is 2.25 bits per heavy atom. The summed E-state index contributed by atoms with van der Waals surface area (Å²) in [6, 6.07) is 0. The van der Waals surface area contributed by atoms with Gasteiger partial charge in [-0.1, -0.05) is 6.08 Å². The van der Waals surface area contributed by atoms with Gasteiger partial charge < -0.3 is 0 Å². The summed E-state index contributed by atoms with van der Waals surface area (Å²) in [5.74, 6) is 0. The van der Waals surface area contributed by atoms with Crippen molar-refractivity contribution in [1.82, 2.24) is 0 Å². The summed E-state index contributed by atoms with van der Waals surface area (Å²) in [5, 5.41) is 0. The van der Waals surface area contributed by atoms with E-state index in [4.69, 9.17) is 0 Å². The molecule has 0 radical (unpaired) electrons. The minimum Gasteiger partial charge on any atom is -0.289 e. The highest BCUT2D eigenvalue weighted by atomic mass is 14.7. The highest BCUT2D eigenvalue weighted by molar-refractivity contribution is 5.98. The zero-order chi connectivity index (χ0) is 5.98. The van der Waals surface area contributed by atoms with Crippen LogP contribution in [0.1, 0.15) is 20.3 Å². The van der Waals surface area contributed by atoms with Crippen molar-refractivity contribution in [1.29, 1.82) is 0 Å². The third-order valence-electron chi connectivity index (χ3n) is 1.50. The van der Waals surface area contributed by atoms with E-state index in [0.717, 1.165) is 13.0 Å². The van der Waals surface area contributed by atoms with Gasteiger partial charge in [0.2, 0.25) is 0 Å². The van der Waals surface area contributed by atoms with Crippen molar-refractivity contribution in [3.05, 3.63) is 11.6 Å². The number of nitrogens with zero attached hydrogens (tertiary/aromatic N) is 1. The van der Waals surface area contributed by atoms with E-state index in [1.54, 1.807) is 0 Å². The fraction of sp³-hybridized carbons (Fsp3) is 0.571. The molecule has 44 valence electrons. The number of allylic oxidation sites excluding steroid dienone is 1.